The zero-order chi connectivity index (χ0) is 14.1. The highest BCUT2D eigenvalue weighted by Crippen LogP contribution is 2.43. The molecule has 1 fully saturated rings. The first-order chi connectivity index (χ1) is 9.63. The molecule has 1 aliphatic carbocycles. The Hall–Kier alpha value is -0.740. The molecule has 0 aromatic heterocycles. The van der Waals surface area contributed by atoms with Crippen molar-refractivity contribution < 1.29 is 0 Å². The second-order valence-corrected chi connectivity index (χ2v) is 7.15. The highest BCUT2D eigenvalue weighted by Gasteiger charge is 2.32. The van der Waals surface area contributed by atoms with Crippen molar-refractivity contribution in [1.82, 2.24) is 0 Å². The summed E-state index contributed by atoms with van der Waals surface area (Å²) in [5.41, 5.74) is 3.69. The standard InChI is InChI=1S/C17H17ClIN/c1-11-2-4-12(5-3-11)17(13-6-7-13)20-16-9-8-14(19)10-15(16)18/h2-5,8-10,13,17,20H,6-7H2,1H3. The quantitative estimate of drug-likeness (QED) is 0.641. The molecular formula is C17H17ClIN. The van der Waals surface area contributed by atoms with Gasteiger partial charge in [0.25, 0.3) is 0 Å². The maximum atomic E-state index is 6.34. The molecule has 1 saturated carbocycles. The van der Waals surface area contributed by atoms with E-state index in [1.54, 1.807) is 0 Å². The zero-order valence-electron chi connectivity index (χ0n) is 11.4. The van der Waals surface area contributed by atoms with Crippen LogP contribution in [0.2, 0.25) is 5.02 Å². The summed E-state index contributed by atoms with van der Waals surface area (Å²) in [6.45, 7) is 2.12. The predicted octanol–water partition coefficient (Wildman–Crippen LogP) is 5.82. The molecule has 0 spiro atoms. The first-order valence-corrected chi connectivity index (χ1v) is 8.37. The third-order valence-corrected chi connectivity index (χ3v) is 4.76. The van der Waals surface area contributed by atoms with Crippen LogP contribution in [0.3, 0.4) is 0 Å². The average molecular weight is 398 g/mol. The highest BCUT2D eigenvalue weighted by atomic mass is 127. The van der Waals surface area contributed by atoms with Crippen molar-refractivity contribution in [1.29, 1.82) is 0 Å². The molecule has 104 valence electrons. The summed E-state index contributed by atoms with van der Waals surface area (Å²) >= 11 is 8.63. The molecule has 3 heteroatoms. The van der Waals surface area contributed by atoms with Crippen molar-refractivity contribution in [2.45, 2.75) is 25.8 Å². The Kier molecular flexibility index (Phi) is 4.22. The second kappa shape index (κ2) is 5.94. The summed E-state index contributed by atoms with van der Waals surface area (Å²) in [5.74, 6) is 0.730. The Labute approximate surface area is 138 Å². The van der Waals surface area contributed by atoms with Crippen LogP contribution in [0.15, 0.2) is 42.5 Å². The molecule has 1 aliphatic rings. The highest BCUT2D eigenvalue weighted by molar-refractivity contribution is 14.1. The van der Waals surface area contributed by atoms with Crippen LogP contribution in [-0.2, 0) is 0 Å². The molecule has 1 nitrogen and oxygen atoms in total. The third kappa shape index (κ3) is 3.29. The molecule has 0 aliphatic heterocycles. The van der Waals surface area contributed by atoms with Gasteiger partial charge >= 0.3 is 0 Å². The number of rotatable bonds is 4. The van der Waals surface area contributed by atoms with Gasteiger partial charge in [0.15, 0.2) is 0 Å². The number of aryl methyl sites for hydroxylation is 1. The van der Waals surface area contributed by atoms with Gasteiger partial charge in [-0.05, 0) is 72.0 Å². The molecule has 2 aromatic rings. The minimum Gasteiger partial charge on any atom is -0.377 e. The van der Waals surface area contributed by atoms with E-state index in [-0.39, 0.29) is 0 Å². The number of hydrogen-bond acceptors (Lipinski definition) is 1. The van der Waals surface area contributed by atoms with E-state index < -0.39 is 0 Å². The number of anilines is 1. The lowest BCUT2D eigenvalue weighted by molar-refractivity contribution is 0.679. The molecule has 3 rings (SSSR count). The first-order valence-electron chi connectivity index (χ1n) is 6.91. The zero-order valence-corrected chi connectivity index (χ0v) is 14.3. The summed E-state index contributed by atoms with van der Waals surface area (Å²) in [4.78, 5) is 0. The number of hydrogen-bond donors (Lipinski definition) is 1. The van der Waals surface area contributed by atoms with E-state index >= 15 is 0 Å². The topological polar surface area (TPSA) is 12.0 Å². The largest absolute Gasteiger partial charge is 0.377 e. The maximum Gasteiger partial charge on any atom is 0.0648 e. The minimum absolute atomic E-state index is 0.369. The fraction of sp³-hybridized carbons (Fsp3) is 0.294. The summed E-state index contributed by atoms with van der Waals surface area (Å²) < 4.78 is 1.16. The van der Waals surface area contributed by atoms with E-state index in [0.29, 0.717) is 6.04 Å². The van der Waals surface area contributed by atoms with Crippen molar-refractivity contribution in [3.8, 4) is 0 Å². The van der Waals surface area contributed by atoms with Crippen molar-refractivity contribution in [2.75, 3.05) is 5.32 Å². The first kappa shape index (κ1) is 14.2. The van der Waals surface area contributed by atoms with E-state index in [2.05, 4.69) is 71.2 Å². The van der Waals surface area contributed by atoms with Crippen LogP contribution in [-0.4, -0.2) is 0 Å². The van der Waals surface area contributed by atoms with Gasteiger partial charge in [0, 0.05) is 3.57 Å². The van der Waals surface area contributed by atoms with Gasteiger partial charge in [-0.25, -0.2) is 0 Å². The number of halogens is 2. The van der Waals surface area contributed by atoms with Gasteiger partial charge in [-0.1, -0.05) is 41.4 Å². The van der Waals surface area contributed by atoms with Gasteiger partial charge in [-0.3, -0.25) is 0 Å². The van der Waals surface area contributed by atoms with E-state index in [9.17, 15) is 0 Å². The van der Waals surface area contributed by atoms with Crippen molar-refractivity contribution in [3.05, 3.63) is 62.2 Å². The van der Waals surface area contributed by atoms with Gasteiger partial charge in [-0.2, -0.15) is 0 Å². The molecule has 0 bridgehead atoms. The Morgan fingerprint density at radius 3 is 2.45 bits per heavy atom. The van der Waals surface area contributed by atoms with Crippen LogP contribution in [0.5, 0.6) is 0 Å². The van der Waals surface area contributed by atoms with Crippen LogP contribution in [0.4, 0.5) is 5.69 Å². The van der Waals surface area contributed by atoms with Crippen LogP contribution < -0.4 is 5.32 Å². The molecule has 1 atom stereocenters. The summed E-state index contributed by atoms with van der Waals surface area (Å²) in [6.07, 6.45) is 2.60. The van der Waals surface area contributed by atoms with Gasteiger partial charge in [-0.15, -0.1) is 0 Å². The van der Waals surface area contributed by atoms with Gasteiger partial charge < -0.3 is 5.32 Å². The molecule has 0 heterocycles. The summed E-state index contributed by atoms with van der Waals surface area (Å²) in [6, 6.07) is 15.4. The fourth-order valence-corrected chi connectivity index (χ4v) is 3.36. The SMILES string of the molecule is Cc1ccc(C(Nc2ccc(I)cc2Cl)C2CC2)cc1. The van der Waals surface area contributed by atoms with Crippen molar-refractivity contribution in [3.63, 3.8) is 0 Å². The van der Waals surface area contributed by atoms with E-state index in [1.807, 2.05) is 6.07 Å². The smallest absolute Gasteiger partial charge is 0.0648 e. The lowest BCUT2D eigenvalue weighted by Crippen LogP contribution is -2.13. The molecule has 0 saturated heterocycles. The van der Waals surface area contributed by atoms with E-state index in [4.69, 9.17) is 11.6 Å². The van der Waals surface area contributed by atoms with Crippen LogP contribution in [0, 0.1) is 16.4 Å². The Morgan fingerprint density at radius 2 is 1.85 bits per heavy atom. The molecule has 1 unspecified atom stereocenters. The summed E-state index contributed by atoms with van der Waals surface area (Å²) in [7, 11) is 0. The molecule has 0 amide bonds. The van der Waals surface area contributed by atoms with Crippen LogP contribution >= 0.6 is 34.2 Å². The van der Waals surface area contributed by atoms with Crippen LogP contribution in [0.1, 0.15) is 30.0 Å². The monoisotopic (exact) mass is 397 g/mol. The normalized spacial score (nSPS) is 15.9. The van der Waals surface area contributed by atoms with Gasteiger partial charge in [0.1, 0.15) is 0 Å². The molecular weight excluding hydrogens is 381 g/mol. The third-order valence-electron chi connectivity index (χ3n) is 3.77. The molecule has 1 N–H and O–H groups in total. The molecule has 20 heavy (non-hydrogen) atoms. The average Bonchev–Trinajstić information content (AvgIpc) is 3.24. The minimum atomic E-state index is 0.369. The van der Waals surface area contributed by atoms with E-state index in [1.165, 1.54) is 24.0 Å². The van der Waals surface area contributed by atoms with Crippen molar-refractivity contribution in [2.24, 2.45) is 5.92 Å². The maximum absolute atomic E-state index is 6.34. The lowest BCUT2D eigenvalue weighted by atomic mass is 10.0. The number of benzene rings is 2. The lowest BCUT2D eigenvalue weighted by Gasteiger charge is -2.21. The van der Waals surface area contributed by atoms with E-state index in [0.717, 1.165) is 20.2 Å². The predicted molar refractivity (Wildman–Crippen MR) is 94.4 cm³/mol. The molecule has 0 radical (unpaired) electrons. The Morgan fingerprint density at radius 1 is 1.15 bits per heavy atom. The second-order valence-electron chi connectivity index (χ2n) is 5.49. The Bertz CT molecular complexity index is 605. The summed E-state index contributed by atoms with van der Waals surface area (Å²) in [5, 5.41) is 4.44. The number of nitrogens with one attached hydrogen (secondary N) is 1. The van der Waals surface area contributed by atoms with Crippen LogP contribution in [0.25, 0.3) is 0 Å². The molecule has 2 aromatic carbocycles. The van der Waals surface area contributed by atoms with Gasteiger partial charge in [0.2, 0.25) is 0 Å². The fourth-order valence-electron chi connectivity index (χ4n) is 2.45. The van der Waals surface area contributed by atoms with Crippen molar-refractivity contribution >= 4 is 39.9 Å². The Balaban J connectivity index is 1.86. The van der Waals surface area contributed by atoms with Gasteiger partial charge in [0.05, 0.1) is 16.8 Å².